The summed E-state index contributed by atoms with van der Waals surface area (Å²) in [5.74, 6) is 0.817. The van der Waals surface area contributed by atoms with Crippen LogP contribution in [0.3, 0.4) is 0 Å². The maximum absolute atomic E-state index is 10.8. The summed E-state index contributed by atoms with van der Waals surface area (Å²) in [6.07, 6.45) is 3.02. The number of hydrogen-bond donors (Lipinski definition) is 0. The molecule has 0 N–H and O–H groups in total. The van der Waals surface area contributed by atoms with Crippen molar-refractivity contribution in [1.82, 2.24) is 0 Å². The molecule has 0 saturated heterocycles. The fourth-order valence-electron chi connectivity index (χ4n) is 2.47. The van der Waals surface area contributed by atoms with Crippen LogP contribution in [0.15, 0.2) is 66.7 Å². The molecule has 0 amide bonds. The minimum absolute atomic E-state index is 0.485. The largest absolute Gasteiger partial charge is 0.488 e. The van der Waals surface area contributed by atoms with Crippen LogP contribution >= 0.6 is 34.2 Å². The summed E-state index contributed by atoms with van der Waals surface area (Å²) in [5.41, 5.74) is 2.06. The van der Waals surface area contributed by atoms with Gasteiger partial charge >= 0.3 is 0 Å². The molecule has 120 valence electrons. The number of halogens is 2. The minimum Gasteiger partial charge on any atom is -0.488 e. The summed E-state index contributed by atoms with van der Waals surface area (Å²) in [6, 6.07) is 20.3. The molecule has 3 aromatic rings. The standard InChI is InChI=1S/C20H14ClIO2/c21-20(23)11-9-14-8-10-19(18(22)12-14)24-13-16-6-3-5-15-4-1-2-7-17(15)16/h1-12H,13H2/b11-9+. The lowest BCUT2D eigenvalue weighted by Crippen LogP contribution is -1.98. The van der Waals surface area contributed by atoms with Crippen LogP contribution in [-0.4, -0.2) is 5.24 Å². The lowest BCUT2D eigenvalue weighted by atomic mass is 10.1. The third-order valence-electron chi connectivity index (χ3n) is 3.63. The lowest BCUT2D eigenvalue weighted by Gasteiger charge is -2.11. The van der Waals surface area contributed by atoms with E-state index in [9.17, 15) is 4.79 Å². The zero-order valence-corrected chi connectivity index (χ0v) is 15.6. The SMILES string of the molecule is O=C(Cl)/C=C/c1ccc(OCc2cccc3ccccc23)c(I)c1. The molecule has 0 radical (unpaired) electrons. The molecular formula is C20H14ClIO2. The number of fused-ring (bicyclic) bond motifs is 1. The van der Waals surface area contributed by atoms with Crippen LogP contribution in [0.25, 0.3) is 16.8 Å². The summed E-state index contributed by atoms with van der Waals surface area (Å²) >= 11 is 7.54. The van der Waals surface area contributed by atoms with E-state index in [0.29, 0.717) is 6.61 Å². The van der Waals surface area contributed by atoms with Crippen LogP contribution in [0.5, 0.6) is 5.75 Å². The summed E-state index contributed by atoms with van der Waals surface area (Å²) in [6.45, 7) is 0.507. The number of rotatable bonds is 5. The number of benzene rings is 3. The molecule has 0 heterocycles. The maximum Gasteiger partial charge on any atom is 0.245 e. The van der Waals surface area contributed by atoms with E-state index in [0.717, 1.165) is 20.4 Å². The molecule has 0 atom stereocenters. The van der Waals surface area contributed by atoms with Gasteiger partial charge in [-0.2, -0.15) is 0 Å². The number of hydrogen-bond acceptors (Lipinski definition) is 2. The molecule has 3 rings (SSSR count). The highest BCUT2D eigenvalue weighted by Gasteiger charge is 2.05. The molecular weight excluding hydrogens is 435 g/mol. The lowest BCUT2D eigenvalue weighted by molar-refractivity contribution is -0.107. The fraction of sp³-hybridized carbons (Fsp3) is 0.0500. The molecule has 0 aliphatic carbocycles. The van der Waals surface area contributed by atoms with Crippen molar-refractivity contribution in [2.45, 2.75) is 6.61 Å². The average molecular weight is 449 g/mol. The van der Waals surface area contributed by atoms with Gasteiger partial charge in [0.2, 0.25) is 5.24 Å². The van der Waals surface area contributed by atoms with Gasteiger partial charge in [0, 0.05) is 0 Å². The molecule has 0 saturated carbocycles. The van der Waals surface area contributed by atoms with E-state index in [1.54, 1.807) is 6.08 Å². The average Bonchev–Trinajstić information content (AvgIpc) is 2.59. The topological polar surface area (TPSA) is 26.3 Å². The van der Waals surface area contributed by atoms with Crippen LogP contribution < -0.4 is 4.74 Å². The Balaban J connectivity index is 1.78. The van der Waals surface area contributed by atoms with Gasteiger partial charge in [0.1, 0.15) is 12.4 Å². The summed E-state index contributed by atoms with van der Waals surface area (Å²) < 4.78 is 6.97. The van der Waals surface area contributed by atoms with Crippen molar-refractivity contribution in [3.63, 3.8) is 0 Å². The van der Waals surface area contributed by atoms with E-state index < -0.39 is 5.24 Å². The van der Waals surface area contributed by atoms with E-state index in [4.69, 9.17) is 16.3 Å². The Morgan fingerprint density at radius 1 is 1.08 bits per heavy atom. The Labute approximate surface area is 159 Å². The highest BCUT2D eigenvalue weighted by atomic mass is 127. The van der Waals surface area contributed by atoms with Crippen molar-refractivity contribution in [2.24, 2.45) is 0 Å². The van der Waals surface area contributed by atoms with Gasteiger partial charge in [0.15, 0.2) is 0 Å². The first-order chi connectivity index (χ1) is 11.6. The Morgan fingerprint density at radius 2 is 1.88 bits per heavy atom. The van der Waals surface area contributed by atoms with Gasteiger partial charge in [-0.1, -0.05) is 54.6 Å². The predicted octanol–water partition coefficient (Wildman–Crippen LogP) is 5.80. The third kappa shape index (κ3) is 4.16. The Morgan fingerprint density at radius 3 is 2.67 bits per heavy atom. The monoisotopic (exact) mass is 448 g/mol. The molecule has 0 bridgehead atoms. The minimum atomic E-state index is -0.485. The van der Waals surface area contributed by atoms with Crippen molar-refractivity contribution in [3.05, 3.63) is 81.4 Å². The third-order valence-corrected chi connectivity index (χ3v) is 4.59. The highest BCUT2D eigenvalue weighted by molar-refractivity contribution is 14.1. The van der Waals surface area contributed by atoms with E-state index in [1.165, 1.54) is 16.8 Å². The fourth-order valence-corrected chi connectivity index (χ4v) is 3.23. The van der Waals surface area contributed by atoms with Crippen molar-refractivity contribution in [2.75, 3.05) is 0 Å². The first-order valence-corrected chi connectivity index (χ1v) is 8.86. The van der Waals surface area contributed by atoms with Crippen LogP contribution in [0.2, 0.25) is 0 Å². The van der Waals surface area contributed by atoms with E-state index >= 15 is 0 Å². The molecule has 0 spiro atoms. The maximum atomic E-state index is 10.8. The predicted molar refractivity (Wildman–Crippen MR) is 107 cm³/mol. The molecule has 0 fully saturated rings. The summed E-state index contributed by atoms with van der Waals surface area (Å²) in [7, 11) is 0. The van der Waals surface area contributed by atoms with Gasteiger partial charge in [-0.3, -0.25) is 4.79 Å². The molecule has 0 aliphatic rings. The van der Waals surface area contributed by atoms with E-state index in [-0.39, 0.29) is 0 Å². The normalized spacial score (nSPS) is 11.1. The van der Waals surface area contributed by atoms with Crippen LogP contribution in [0.4, 0.5) is 0 Å². The first kappa shape index (κ1) is 17.0. The second kappa shape index (κ2) is 7.81. The zero-order chi connectivity index (χ0) is 16.9. The van der Waals surface area contributed by atoms with Crippen molar-refractivity contribution >= 4 is 56.3 Å². The van der Waals surface area contributed by atoms with E-state index in [1.807, 2.05) is 36.4 Å². The van der Waals surface area contributed by atoms with Gasteiger partial charge in [0.25, 0.3) is 0 Å². The summed E-state index contributed by atoms with van der Waals surface area (Å²) in [5, 5.41) is 1.93. The molecule has 0 aliphatic heterocycles. The van der Waals surface area contributed by atoms with Crippen LogP contribution in [0, 0.1) is 3.57 Å². The smallest absolute Gasteiger partial charge is 0.245 e. The number of carbonyl (C=O) groups is 1. The number of ether oxygens (including phenoxy) is 1. The Kier molecular flexibility index (Phi) is 5.53. The van der Waals surface area contributed by atoms with Gasteiger partial charge < -0.3 is 4.74 Å². The first-order valence-electron chi connectivity index (χ1n) is 7.40. The van der Waals surface area contributed by atoms with Crippen molar-refractivity contribution < 1.29 is 9.53 Å². The second-order valence-electron chi connectivity index (χ2n) is 5.25. The van der Waals surface area contributed by atoms with Crippen molar-refractivity contribution in [3.8, 4) is 5.75 Å². The number of carbonyl (C=O) groups excluding carboxylic acids is 1. The van der Waals surface area contributed by atoms with Crippen LogP contribution in [0.1, 0.15) is 11.1 Å². The molecule has 0 unspecified atom stereocenters. The Bertz CT molecular complexity index is 913. The molecule has 3 aromatic carbocycles. The highest BCUT2D eigenvalue weighted by Crippen LogP contribution is 2.25. The van der Waals surface area contributed by atoms with Gasteiger partial charge in [-0.05, 0) is 74.3 Å². The van der Waals surface area contributed by atoms with Gasteiger partial charge in [-0.15, -0.1) is 0 Å². The zero-order valence-electron chi connectivity index (χ0n) is 12.7. The summed E-state index contributed by atoms with van der Waals surface area (Å²) in [4.78, 5) is 10.8. The van der Waals surface area contributed by atoms with E-state index in [2.05, 4.69) is 46.9 Å². The van der Waals surface area contributed by atoms with Gasteiger partial charge in [-0.25, -0.2) is 0 Å². The second-order valence-corrected chi connectivity index (χ2v) is 6.79. The van der Waals surface area contributed by atoms with Crippen LogP contribution in [-0.2, 0) is 11.4 Å². The quantitative estimate of drug-likeness (QED) is 0.280. The number of allylic oxidation sites excluding steroid dienone is 1. The molecule has 24 heavy (non-hydrogen) atoms. The van der Waals surface area contributed by atoms with Crippen molar-refractivity contribution in [1.29, 1.82) is 0 Å². The molecule has 0 aromatic heterocycles. The molecule has 2 nitrogen and oxygen atoms in total. The molecule has 4 heteroatoms. The Hall–Kier alpha value is -1.85. The van der Waals surface area contributed by atoms with Gasteiger partial charge in [0.05, 0.1) is 3.57 Å².